The standard InChI is InChI=1S/C14H13FN2O2/c1-9-10(8-15)4-2-6-12(9)17-13-11(14(18)19)5-3-7-16-13/h2-7H,8H2,1H3,(H,16,17)(H,18,19). The molecule has 0 atom stereocenters. The van der Waals surface area contributed by atoms with Crippen LogP contribution < -0.4 is 5.32 Å². The Morgan fingerprint density at radius 3 is 2.84 bits per heavy atom. The molecule has 0 aliphatic rings. The van der Waals surface area contributed by atoms with E-state index in [0.717, 1.165) is 5.56 Å². The molecule has 98 valence electrons. The smallest absolute Gasteiger partial charge is 0.339 e. The lowest BCUT2D eigenvalue weighted by Crippen LogP contribution is -2.05. The number of aromatic carboxylic acids is 1. The molecule has 0 aliphatic carbocycles. The summed E-state index contributed by atoms with van der Waals surface area (Å²) in [5.74, 6) is -0.816. The van der Waals surface area contributed by atoms with Crippen molar-refractivity contribution in [3.8, 4) is 0 Å². The maximum absolute atomic E-state index is 12.8. The van der Waals surface area contributed by atoms with Crippen LogP contribution in [0.4, 0.5) is 15.9 Å². The van der Waals surface area contributed by atoms with Crippen molar-refractivity contribution in [2.75, 3.05) is 5.32 Å². The van der Waals surface area contributed by atoms with Gasteiger partial charge in [-0.1, -0.05) is 12.1 Å². The largest absolute Gasteiger partial charge is 0.478 e. The number of carboxylic acid groups (broad SMARTS) is 1. The lowest BCUT2D eigenvalue weighted by atomic mass is 10.1. The molecule has 0 amide bonds. The van der Waals surface area contributed by atoms with Crippen molar-refractivity contribution in [2.24, 2.45) is 0 Å². The van der Waals surface area contributed by atoms with Crippen LogP contribution in [0.5, 0.6) is 0 Å². The number of nitrogens with one attached hydrogen (secondary N) is 1. The number of nitrogens with zero attached hydrogens (tertiary/aromatic N) is 1. The van der Waals surface area contributed by atoms with Crippen molar-refractivity contribution in [3.63, 3.8) is 0 Å². The minimum atomic E-state index is -1.06. The summed E-state index contributed by atoms with van der Waals surface area (Å²) >= 11 is 0. The SMILES string of the molecule is Cc1c(CF)cccc1Nc1ncccc1C(=O)O. The van der Waals surface area contributed by atoms with Crippen molar-refractivity contribution in [1.29, 1.82) is 0 Å². The van der Waals surface area contributed by atoms with Gasteiger partial charge in [0.05, 0.1) is 0 Å². The Kier molecular flexibility index (Phi) is 3.75. The average Bonchev–Trinajstić information content (AvgIpc) is 2.41. The molecule has 0 spiro atoms. The first kappa shape index (κ1) is 13.0. The van der Waals surface area contributed by atoms with Crippen LogP contribution in [-0.2, 0) is 6.67 Å². The average molecular weight is 260 g/mol. The molecule has 1 aromatic heterocycles. The van der Waals surface area contributed by atoms with E-state index in [1.807, 2.05) is 0 Å². The van der Waals surface area contributed by atoms with Crippen LogP contribution >= 0.6 is 0 Å². The monoisotopic (exact) mass is 260 g/mol. The van der Waals surface area contributed by atoms with Gasteiger partial charge in [0.1, 0.15) is 18.1 Å². The second-order valence-electron chi connectivity index (χ2n) is 4.05. The van der Waals surface area contributed by atoms with Crippen LogP contribution in [0.1, 0.15) is 21.5 Å². The van der Waals surface area contributed by atoms with Crippen LogP contribution in [-0.4, -0.2) is 16.1 Å². The highest BCUT2D eigenvalue weighted by atomic mass is 19.1. The summed E-state index contributed by atoms with van der Waals surface area (Å²) in [4.78, 5) is 15.1. The molecule has 0 fully saturated rings. The van der Waals surface area contributed by atoms with Gasteiger partial charge in [-0.3, -0.25) is 0 Å². The Labute approximate surface area is 109 Å². The maximum atomic E-state index is 12.8. The van der Waals surface area contributed by atoms with Crippen molar-refractivity contribution in [2.45, 2.75) is 13.6 Å². The zero-order chi connectivity index (χ0) is 13.8. The molecule has 0 saturated heterocycles. The molecule has 5 heteroatoms. The molecule has 2 rings (SSSR count). The second kappa shape index (κ2) is 5.48. The van der Waals surface area contributed by atoms with E-state index in [0.29, 0.717) is 11.3 Å². The van der Waals surface area contributed by atoms with Crippen LogP contribution in [0.2, 0.25) is 0 Å². The zero-order valence-electron chi connectivity index (χ0n) is 10.4. The molecule has 1 aromatic carbocycles. The number of hydrogen-bond acceptors (Lipinski definition) is 3. The normalized spacial score (nSPS) is 10.2. The van der Waals surface area contributed by atoms with E-state index < -0.39 is 12.6 Å². The number of rotatable bonds is 4. The number of carboxylic acids is 1. The summed E-state index contributed by atoms with van der Waals surface area (Å²) in [6.07, 6.45) is 1.50. The number of halogens is 1. The van der Waals surface area contributed by atoms with E-state index in [2.05, 4.69) is 10.3 Å². The highest BCUT2D eigenvalue weighted by Gasteiger charge is 2.12. The summed E-state index contributed by atoms with van der Waals surface area (Å²) in [7, 11) is 0. The van der Waals surface area contributed by atoms with Gasteiger partial charge in [0.2, 0.25) is 0 Å². The van der Waals surface area contributed by atoms with Crippen LogP contribution in [0.25, 0.3) is 0 Å². The Bertz CT molecular complexity index is 614. The Balaban J connectivity index is 2.39. The Morgan fingerprint density at radius 2 is 2.16 bits per heavy atom. The van der Waals surface area contributed by atoms with E-state index >= 15 is 0 Å². The fourth-order valence-electron chi connectivity index (χ4n) is 1.77. The number of alkyl halides is 1. The van der Waals surface area contributed by atoms with Gasteiger partial charge in [-0.15, -0.1) is 0 Å². The summed E-state index contributed by atoms with van der Waals surface area (Å²) in [6.45, 7) is 1.22. The zero-order valence-corrected chi connectivity index (χ0v) is 10.4. The molecule has 0 bridgehead atoms. The number of pyridine rings is 1. The van der Waals surface area contributed by atoms with Crippen LogP contribution in [0.3, 0.4) is 0 Å². The fraction of sp³-hybridized carbons (Fsp3) is 0.143. The Morgan fingerprint density at radius 1 is 1.37 bits per heavy atom. The molecule has 1 heterocycles. The van der Waals surface area contributed by atoms with Gasteiger partial charge in [-0.25, -0.2) is 14.2 Å². The quantitative estimate of drug-likeness (QED) is 0.885. The first-order valence-corrected chi connectivity index (χ1v) is 5.73. The third-order valence-corrected chi connectivity index (χ3v) is 2.88. The molecule has 0 aliphatic heterocycles. The molecule has 0 radical (unpaired) electrons. The summed E-state index contributed by atoms with van der Waals surface area (Å²) in [5.41, 5.74) is 2.04. The van der Waals surface area contributed by atoms with Crippen molar-refractivity contribution in [3.05, 3.63) is 53.2 Å². The molecule has 2 N–H and O–H groups in total. The summed E-state index contributed by atoms with van der Waals surface area (Å²) in [6, 6.07) is 8.19. The van der Waals surface area contributed by atoms with Gasteiger partial charge in [0, 0.05) is 11.9 Å². The van der Waals surface area contributed by atoms with E-state index in [1.54, 1.807) is 31.2 Å². The predicted octanol–water partition coefficient (Wildman–Crippen LogP) is 3.30. The summed E-state index contributed by atoms with van der Waals surface area (Å²) in [5, 5.41) is 12.0. The molecule has 4 nitrogen and oxygen atoms in total. The fourth-order valence-corrected chi connectivity index (χ4v) is 1.77. The Hall–Kier alpha value is -2.43. The molecular weight excluding hydrogens is 247 g/mol. The number of hydrogen-bond donors (Lipinski definition) is 2. The highest BCUT2D eigenvalue weighted by Crippen LogP contribution is 2.24. The topological polar surface area (TPSA) is 62.2 Å². The van der Waals surface area contributed by atoms with Crippen molar-refractivity contribution < 1.29 is 14.3 Å². The van der Waals surface area contributed by atoms with Gasteiger partial charge in [-0.2, -0.15) is 0 Å². The molecule has 0 unspecified atom stereocenters. The third kappa shape index (κ3) is 2.70. The van der Waals surface area contributed by atoms with E-state index in [-0.39, 0.29) is 11.4 Å². The first-order chi connectivity index (χ1) is 9.13. The predicted molar refractivity (Wildman–Crippen MR) is 70.5 cm³/mol. The van der Waals surface area contributed by atoms with Gasteiger partial charge in [0.15, 0.2) is 0 Å². The lowest BCUT2D eigenvalue weighted by Gasteiger charge is -2.12. The number of anilines is 2. The minimum absolute atomic E-state index is 0.0764. The number of aromatic nitrogens is 1. The van der Waals surface area contributed by atoms with Crippen molar-refractivity contribution >= 4 is 17.5 Å². The van der Waals surface area contributed by atoms with Gasteiger partial charge in [-0.05, 0) is 36.2 Å². The first-order valence-electron chi connectivity index (χ1n) is 5.73. The highest BCUT2D eigenvalue weighted by molar-refractivity contribution is 5.94. The summed E-state index contributed by atoms with van der Waals surface area (Å²) < 4.78 is 12.8. The van der Waals surface area contributed by atoms with Gasteiger partial charge < -0.3 is 10.4 Å². The molecule has 2 aromatic rings. The minimum Gasteiger partial charge on any atom is -0.478 e. The van der Waals surface area contributed by atoms with E-state index in [9.17, 15) is 9.18 Å². The second-order valence-corrected chi connectivity index (χ2v) is 4.05. The lowest BCUT2D eigenvalue weighted by molar-refractivity contribution is 0.0697. The van der Waals surface area contributed by atoms with Crippen LogP contribution in [0.15, 0.2) is 36.5 Å². The number of benzene rings is 1. The van der Waals surface area contributed by atoms with Gasteiger partial charge >= 0.3 is 5.97 Å². The molecular formula is C14H13FN2O2. The molecule has 0 saturated carbocycles. The maximum Gasteiger partial charge on any atom is 0.339 e. The van der Waals surface area contributed by atoms with E-state index in [4.69, 9.17) is 5.11 Å². The van der Waals surface area contributed by atoms with Crippen molar-refractivity contribution in [1.82, 2.24) is 4.98 Å². The van der Waals surface area contributed by atoms with E-state index in [1.165, 1.54) is 12.3 Å². The van der Waals surface area contributed by atoms with Crippen LogP contribution in [0, 0.1) is 6.92 Å². The number of carbonyl (C=O) groups is 1. The van der Waals surface area contributed by atoms with Gasteiger partial charge in [0.25, 0.3) is 0 Å². The third-order valence-electron chi connectivity index (χ3n) is 2.88. The molecule has 19 heavy (non-hydrogen) atoms.